The molecule has 0 atom stereocenters. The van der Waals surface area contributed by atoms with Gasteiger partial charge in [-0.05, 0) is 6.07 Å². The number of aromatic nitrogens is 2. The Hall–Kier alpha value is -1.39. The number of pyridine rings is 1. The van der Waals surface area contributed by atoms with E-state index in [2.05, 4.69) is 15.5 Å². The first-order valence-electron chi connectivity index (χ1n) is 4.55. The third kappa shape index (κ3) is 2.78. The first-order valence-corrected chi connectivity index (χ1v) is 4.93. The molecule has 2 aromatic rings. The van der Waals surface area contributed by atoms with E-state index >= 15 is 0 Å². The topological polar surface area (TPSA) is 51.0 Å². The molecule has 0 amide bonds. The van der Waals surface area contributed by atoms with Crippen LogP contribution in [0.25, 0.3) is 0 Å². The summed E-state index contributed by atoms with van der Waals surface area (Å²) in [4.78, 5) is 3.99. The van der Waals surface area contributed by atoms with Gasteiger partial charge in [0.15, 0.2) is 0 Å². The van der Waals surface area contributed by atoms with Crippen molar-refractivity contribution in [3.63, 3.8) is 0 Å². The van der Waals surface area contributed by atoms with Gasteiger partial charge in [-0.2, -0.15) is 0 Å². The molecule has 2 rings (SSSR count). The molecule has 0 unspecified atom stereocenters. The predicted molar refractivity (Wildman–Crippen MR) is 56.3 cm³/mol. The average Bonchev–Trinajstić information content (AvgIpc) is 2.74. The summed E-state index contributed by atoms with van der Waals surface area (Å²) in [6, 6.07) is 5.61. The number of nitrogens with one attached hydrogen (secondary N) is 1. The van der Waals surface area contributed by atoms with Crippen molar-refractivity contribution in [2.75, 3.05) is 0 Å². The number of hydrogen-bond donors (Lipinski definition) is 1. The Bertz CT molecular complexity index is 416. The SMILES string of the molecule is Clc1ncccc1CNCc1ccon1. The van der Waals surface area contributed by atoms with Crippen LogP contribution in [0.15, 0.2) is 35.2 Å². The van der Waals surface area contributed by atoms with E-state index in [1.54, 1.807) is 12.5 Å². The Morgan fingerprint density at radius 3 is 3.00 bits per heavy atom. The van der Waals surface area contributed by atoms with Crippen molar-refractivity contribution in [2.24, 2.45) is 0 Å². The molecule has 0 radical (unpaired) electrons. The molecule has 5 heteroatoms. The Balaban J connectivity index is 1.86. The van der Waals surface area contributed by atoms with Crippen LogP contribution >= 0.6 is 11.6 Å². The molecule has 0 spiro atoms. The smallest absolute Gasteiger partial charge is 0.133 e. The summed E-state index contributed by atoms with van der Waals surface area (Å²) in [6.45, 7) is 1.32. The molecule has 0 aromatic carbocycles. The van der Waals surface area contributed by atoms with Gasteiger partial charge >= 0.3 is 0 Å². The van der Waals surface area contributed by atoms with Crippen LogP contribution in [-0.4, -0.2) is 10.1 Å². The Kier molecular flexibility index (Phi) is 3.32. The second-order valence-corrected chi connectivity index (χ2v) is 3.41. The van der Waals surface area contributed by atoms with Gasteiger partial charge in [0.2, 0.25) is 0 Å². The van der Waals surface area contributed by atoms with Gasteiger partial charge in [-0.3, -0.25) is 0 Å². The van der Waals surface area contributed by atoms with Crippen molar-refractivity contribution >= 4 is 11.6 Å². The maximum absolute atomic E-state index is 5.90. The molecule has 1 N–H and O–H groups in total. The van der Waals surface area contributed by atoms with E-state index in [1.165, 1.54) is 0 Å². The minimum atomic E-state index is 0.533. The molecular weight excluding hydrogens is 214 g/mol. The van der Waals surface area contributed by atoms with E-state index in [4.69, 9.17) is 16.1 Å². The fourth-order valence-electron chi connectivity index (χ4n) is 1.21. The van der Waals surface area contributed by atoms with Crippen molar-refractivity contribution in [1.82, 2.24) is 15.5 Å². The van der Waals surface area contributed by atoms with E-state index in [-0.39, 0.29) is 0 Å². The Morgan fingerprint density at radius 1 is 1.33 bits per heavy atom. The van der Waals surface area contributed by atoms with Crippen LogP contribution in [0.4, 0.5) is 0 Å². The fraction of sp³-hybridized carbons (Fsp3) is 0.200. The van der Waals surface area contributed by atoms with Gasteiger partial charge in [0.1, 0.15) is 11.4 Å². The minimum Gasteiger partial charge on any atom is -0.364 e. The second kappa shape index (κ2) is 4.91. The second-order valence-electron chi connectivity index (χ2n) is 3.05. The van der Waals surface area contributed by atoms with Gasteiger partial charge in [-0.1, -0.05) is 22.8 Å². The molecule has 15 heavy (non-hydrogen) atoms. The third-order valence-corrected chi connectivity index (χ3v) is 2.29. The van der Waals surface area contributed by atoms with E-state index in [0.717, 1.165) is 11.3 Å². The highest BCUT2D eigenvalue weighted by molar-refractivity contribution is 6.30. The van der Waals surface area contributed by atoms with Crippen LogP contribution in [0, 0.1) is 0 Å². The van der Waals surface area contributed by atoms with E-state index in [1.807, 2.05) is 18.2 Å². The van der Waals surface area contributed by atoms with Gasteiger partial charge in [0.05, 0.1) is 5.69 Å². The van der Waals surface area contributed by atoms with Gasteiger partial charge in [-0.15, -0.1) is 0 Å². The zero-order chi connectivity index (χ0) is 10.5. The lowest BCUT2D eigenvalue weighted by molar-refractivity contribution is 0.408. The standard InChI is InChI=1S/C10H10ClN3O/c11-10-8(2-1-4-13-10)6-12-7-9-3-5-15-14-9/h1-5,12H,6-7H2. The molecule has 0 aliphatic carbocycles. The van der Waals surface area contributed by atoms with Crippen molar-refractivity contribution < 1.29 is 4.52 Å². The summed E-state index contributed by atoms with van der Waals surface area (Å²) in [5.41, 5.74) is 1.85. The van der Waals surface area contributed by atoms with Crippen molar-refractivity contribution in [3.8, 4) is 0 Å². The maximum atomic E-state index is 5.90. The van der Waals surface area contributed by atoms with E-state index in [0.29, 0.717) is 18.2 Å². The molecule has 0 aliphatic heterocycles. The zero-order valence-electron chi connectivity index (χ0n) is 7.98. The number of hydrogen-bond acceptors (Lipinski definition) is 4. The molecule has 4 nitrogen and oxygen atoms in total. The normalized spacial score (nSPS) is 10.5. The van der Waals surface area contributed by atoms with Crippen molar-refractivity contribution in [2.45, 2.75) is 13.1 Å². The molecule has 0 bridgehead atoms. The lowest BCUT2D eigenvalue weighted by Gasteiger charge is -2.03. The van der Waals surface area contributed by atoms with Gasteiger partial charge < -0.3 is 9.84 Å². The van der Waals surface area contributed by atoms with Crippen LogP contribution in [0.5, 0.6) is 0 Å². The van der Waals surface area contributed by atoms with Gasteiger partial charge in [-0.25, -0.2) is 4.98 Å². The Labute approximate surface area is 92.3 Å². The van der Waals surface area contributed by atoms with Crippen LogP contribution < -0.4 is 5.32 Å². The number of rotatable bonds is 4. The third-order valence-electron chi connectivity index (χ3n) is 1.95. The first-order chi connectivity index (χ1) is 7.36. The lowest BCUT2D eigenvalue weighted by atomic mass is 10.3. The molecule has 78 valence electrons. The van der Waals surface area contributed by atoms with Crippen molar-refractivity contribution in [1.29, 1.82) is 0 Å². The first kappa shape index (κ1) is 10.1. The Morgan fingerprint density at radius 2 is 2.27 bits per heavy atom. The average molecular weight is 224 g/mol. The molecule has 2 heterocycles. The van der Waals surface area contributed by atoms with Crippen LogP contribution in [-0.2, 0) is 13.1 Å². The number of nitrogens with zero attached hydrogens (tertiary/aromatic N) is 2. The van der Waals surface area contributed by atoms with Crippen LogP contribution in [0.2, 0.25) is 5.15 Å². The van der Waals surface area contributed by atoms with E-state index in [9.17, 15) is 0 Å². The van der Waals surface area contributed by atoms with Gasteiger partial charge in [0, 0.05) is 30.9 Å². The molecular formula is C10H10ClN3O. The highest BCUT2D eigenvalue weighted by Crippen LogP contribution is 2.10. The summed E-state index contributed by atoms with van der Waals surface area (Å²) in [5.74, 6) is 0. The van der Waals surface area contributed by atoms with Crippen LogP contribution in [0.3, 0.4) is 0 Å². The summed E-state index contributed by atoms with van der Waals surface area (Å²) in [6.07, 6.45) is 3.22. The lowest BCUT2D eigenvalue weighted by Crippen LogP contribution is -2.13. The summed E-state index contributed by atoms with van der Waals surface area (Å²) < 4.78 is 4.71. The van der Waals surface area contributed by atoms with Crippen molar-refractivity contribution in [3.05, 3.63) is 47.1 Å². The highest BCUT2D eigenvalue weighted by Gasteiger charge is 2.00. The molecule has 0 fully saturated rings. The quantitative estimate of drug-likeness (QED) is 0.806. The molecule has 0 aliphatic rings. The molecule has 0 saturated carbocycles. The zero-order valence-corrected chi connectivity index (χ0v) is 8.74. The summed E-state index contributed by atoms with van der Waals surface area (Å²) in [5, 5.41) is 7.51. The van der Waals surface area contributed by atoms with Crippen LogP contribution in [0.1, 0.15) is 11.3 Å². The molecule has 2 aromatic heterocycles. The summed E-state index contributed by atoms with van der Waals surface area (Å²) in [7, 11) is 0. The highest BCUT2D eigenvalue weighted by atomic mass is 35.5. The molecule has 0 saturated heterocycles. The minimum absolute atomic E-state index is 0.533. The predicted octanol–water partition coefficient (Wildman–Crippen LogP) is 2.01. The van der Waals surface area contributed by atoms with Gasteiger partial charge in [0.25, 0.3) is 0 Å². The van der Waals surface area contributed by atoms with E-state index < -0.39 is 0 Å². The monoisotopic (exact) mass is 223 g/mol. The largest absolute Gasteiger partial charge is 0.364 e. The fourth-order valence-corrected chi connectivity index (χ4v) is 1.39. The maximum Gasteiger partial charge on any atom is 0.133 e. The summed E-state index contributed by atoms with van der Waals surface area (Å²) >= 11 is 5.90. The number of halogens is 1.